The minimum Gasteiger partial charge on any atom is -0.378 e. The van der Waals surface area contributed by atoms with Crippen LogP contribution in [0.5, 0.6) is 0 Å². The Balaban J connectivity index is 1.75. The molecule has 0 amide bonds. The number of likely N-dealkylation sites (N-methyl/N-ethyl adjacent to an activating group) is 1. The molecule has 122 valence electrons. The first-order valence-corrected chi connectivity index (χ1v) is 8.63. The molecule has 3 atom stereocenters. The summed E-state index contributed by atoms with van der Waals surface area (Å²) in [5.74, 6) is -0.312. The third kappa shape index (κ3) is 3.27. The molecule has 0 aromatic carbocycles. The summed E-state index contributed by atoms with van der Waals surface area (Å²) >= 11 is 0. The van der Waals surface area contributed by atoms with Crippen LogP contribution in [0.1, 0.15) is 39.5 Å². The van der Waals surface area contributed by atoms with Crippen LogP contribution in [-0.4, -0.2) is 68.3 Å². The van der Waals surface area contributed by atoms with Crippen molar-refractivity contribution in [3.8, 4) is 0 Å². The topological polar surface area (TPSA) is 43.0 Å². The second-order valence-electron chi connectivity index (χ2n) is 6.46. The molecule has 3 fully saturated rings. The molecule has 5 nitrogen and oxygen atoms in total. The second kappa shape index (κ2) is 6.92. The fraction of sp³-hybridized carbons (Fsp3) is 1.00. The van der Waals surface area contributed by atoms with Crippen LogP contribution >= 0.6 is 0 Å². The van der Waals surface area contributed by atoms with Gasteiger partial charge in [-0.15, -0.1) is 0 Å². The minimum absolute atomic E-state index is 0.312. The summed E-state index contributed by atoms with van der Waals surface area (Å²) in [5, 5.41) is 3.69. The zero-order valence-electron chi connectivity index (χ0n) is 13.5. The highest BCUT2D eigenvalue weighted by Crippen LogP contribution is 2.39. The Bertz CT molecular complexity index is 333. The third-order valence-corrected chi connectivity index (χ3v) is 5.27. The molecule has 3 rings (SSSR count). The fourth-order valence-corrected chi connectivity index (χ4v) is 4.20. The van der Waals surface area contributed by atoms with Gasteiger partial charge in [-0.2, -0.15) is 0 Å². The van der Waals surface area contributed by atoms with Crippen molar-refractivity contribution in [2.75, 3.05) is 39.5 Å². The lowest BCUT2D eigenvalue weighted by atomic mass is 9.83. The first kappa shape index (κ1) is 15.7. The van der Waals surface area contributed by atoms with Crippen molar-refractivity contribution in [1.29, 1.82) is 0 Å². The van der Waals surface area contributed by atoms with E-state index in [4.69, 9.17) is 14.2 Å². The summed E-state index contributed by atoms with van der Waals surface area (Å²) in [5.41, 5.74) is 0. The van der Waals surface area contributed by atoms with Gasteiger partial charge in [0.2, 0.25) is 0 Å². The SMILES string of the molecule is CCNC1CCC2(CC1N1CCOCC1CC)OCCO2. The largest absolute Gasteiger partial charge is 0.378 e. The highest BCUT2D eigenvalue weighted by molar-refractivity contribution is 4.98. The summed E-state index contributed by atoms with van der Waals surface area (Å²) in [4.78, 5) is 2.66. The monoisotopic (exact) mass is 298 g/mol. The number of morpholine rings is 1. The van der Waals surface area contributed by atoms with Gasteiger partial charge in [0.15, 0.2) is 5.79 Å². The first-order chi connectivity index (χ1) is 10.3. The molecule has 2 heterocycles. The zero-order valence-corrected chi connectivity index (χ0v) is 13.5. The predicted molar refractivity (Wildman–Crippen MR) is 81.3 cm³/mol. The maximum Gasteiger partial charge on any atom is 0.170 e. The Hall–Kier alpha value is -0.200. The molecule has 0 aromatic heterocycles. The third-order valence-electron chi connectivity index (χ3n) is 5.27. The Morgan fingerprint density at radius 3 is 2.71 bits per heavy atom. The molecule has 0 aromatic rings. The van der Waals surface area contributed by atoms with Crippen LogP contribution in [0.3, 0.4) is 0 Å². The maximum atomic E-state index is 5.99. The summed E-state index contributed by atoms with van der Waals surface area (Å²) < 4.78 is 17.7. The van der Waals surface area contributed by atoms with Gasteiger partial charge < -0.3 is 19.5 Å². The van der Waals surface area contributed by atoms with E-state index < -0.39 is 0 Å². The predicted octanol–water partition coefficient (Wildman–Crippen LogP) is 1.37. The normalized spacial score (nSPS) is 37.1. The average Bonchev–Trinajstić information content (AvgIpc) is 2.97. The van der Waals surface area contributed by atoms with Gasteiger partial charge in [-0.3, -0.25) is 4.90 Å². The van der Waals surface area contributed by atoms with Crippen LogP contribution in [0.4, 0.5) is 0 Å². The lowest BCUT2D eigenvalue weighted by Gasteiger charge is -2.49. The second-order valence-corrected chi connectivity index (χ2v) is 6.46. The van der Waals surface area contributed by atoms with Gasteiger partial charge in [-0.05, 0) is 19.4 Å². The van der Waals surface area contributed by atoms with E-state index in [9.17, 15) is 0 Å². The molecule has 1 spiro atoms. The lowest BCUT2D eigenvalue weighted by molar-refractivity contribution is -0.199. The molecular formula is C16H30N2O3. The quantitative estimate of drug-likeness (QED) is 0.849. The van der Waals surface area contributed by atoms with Gasteiger partial charge in [0.05, 0.1) is 26.4 Å². The standard InChI is InChI=1S/C16H30N2O3/c1-3-13-12-19-8-7-18(13)15-11-16(20-9-10-21-16)6-5-14(15)17-4-2/h13-15,17H,3-12H2,1-2H3. The molecule has 2 aliphatic heterocycles. The van der Waals surface area contributed by atoms with E-state index in [-0.39, 0.29) is 5.79 Å². The molecular weight excluding hydrogens is 268 g/mol. The number of nitrogens with one attached hydrogen (secondary N) is 1. The number of hydrogen-bond donors (Lipinski definition) is 1. The van der Waals surface area contributed by atoms with E-state index in [1.165, 1.54) is 0 Å². The van der Waals surface area contributed by atoms with Crippen molar-refractivity contribution in [2.24, 2.45) is 0 Å². The van der Waals surface area contributed by atoms with Crippen LogP contribution in [-0.2, 0) is 14.2 Å². The zero-order chi connectivity index (χ0) is 14.7. The molecule has 0 radical (unpaired) electrons. The van der Waals surface area contributed by atoms with Crippen LogP contribution in [0.25, 0.3) is 0 Å². The highest BCUT2D eigenvalue weighted by atomic mass is 16.7. The van der Waals surface area contributed by atoms with Gasteiger partial charge in [0.25, 0.3) is 0 Å². The van der Waals surface area contributed by atoms with E-state index in [0.717, 1.165) is 65.2 Å². The molecule has 21 heavy (non-hydrogen) atoms. The number of hydrogen-bond acceptors (Lipinski definition) is 5. The smallest absolute Gasteiger partial charge is 0.170 e. The summed E-state index contributed by atoms with van der Waals surface area (Å²) in [6, 6.07) is 1.56. The van der Waals surface area contributed by atoms with Crippen LogP contribution < -0.4 is 5.32 Å². The van der Waals surface area contributed by atoms with Crippen molar-refractivity contribution >= 4 is 0 Å². The van der Waals surface area contributed by atoms with Gasteiger partial charge in [0, 0.05) is 37.5 Å². The molecule has 2 saturated heterocycles. The lowest BCUT2D eigenvalue weighted by Crippen LogP contribution is -2.62. The van der Waals surface area contributed by atoms with Crippen molar-refractivity contribution in [2.45, 2.75) is 63.4 Å². The molecule has 5 heteroatoms. The summed E-state index contributed by atoms with van der Waals surface area (Å²) in [7, 11) is 0. The number of rotatable bonds is 4. The van der Waals surface area contributed by atoms with E-state index in [0.29, 0.717) is 18.1 Å². The van der Waals surface area contributed by atoms with Gasteiger partial charge in [0.1, 0.15) is 0 Å². The van der Waals surface area contributed by atoms with Crippen molar-refractivity contribution < 1.29 is 14.2 Å². The Kier molecular flexibility index (Phi) is 5.17. The van der Waals surface area contributed by atoms with Gasteiger partial charge in [-0.25, -0.2) is 0 Å². The van der Waals surface area contributed by atoms with Crippen LogP contribution in [0.2, 0.25) is 0 Å². The fourth-order valence-electron chi connectivity index (χ4n) is 4.20. The number of ether oxygens (including phenoxy) is 3. The van der Waals surface area contributed by atoms with E-state index in [1.807, 2.05) is 0 Å². The Morgan fingerprint density at radius 1 is 1.19 bits per heavy atom. The molecule has 3 aliphatic rings. The van der Waals surface area contributed by atoms with E-state index in [1.54, 1.807) is 0 Å². The Labute approximate surface area is 128 Å². The van der Waals surface area contributed by atoms with Gasteiger partial charge in [-0.1, -0.05) is 13.8 Å². The molecule has 1 saturated carbocycles. The van der Waals surface area contributed by atoms with Crippen molar-refractivity contribution in [3.63, 3.8) is 0 Å². The minimum atomic E-state index is -0.312. The van der Waals surface area contributed by atoms with Crippen molar-refractivity contribution in [3.05, 3.63) is 0 Å². The summed E-state index contributed by atoms with van der Waals surface area (Å²) in [6.45, 7) is 9.72. The van der Waals surface area contributed by atoms with Crippen LogP contribution in [0, 0.1) is 0 Å². The Morgan fingerprint density at radius 2 is 2.00 bits per heavy atom. The molecule has 3 unspecified atom stereocenters. The van der Waals surface area contributed by atoms with Gasteiger partial charge >= 0.3 is 0 Å². The maximum absolute atomic E-state index is 5.99. The molecule has 1 aliphatic carbocycles. The highest BCUT2D eigenvalue weighted by Gasteiger charge is 2.47. The molecule has 0 bridgehead atoms. The van der Waals surface area contributed by atoms with Crippen LogP contribution in [0.15, 0.2) is 0 Å². The number of nitrogens with zero attached hydrogens (tertiary/aromatic N) is 1. The van der Waals surface area contributed by atoms with E-state index >= 15 is 0 Å². The van der Waals surface area contributed by atoms with E-state index in [2.05, 4.69) is 24.1 Å². The molecule has 1 N–H and O–H groups in total. The summed E-state index contributed by atoms with van der Waals surface area (Å²) in [6.07, 6.45) is 4.28. The first-order valence-electron chi connectivity index (χ1n) is 8.63. The van der Waals surface area contributed by atoms with Crippen molar-refractivity contribution in [1.82, 2.24) is 10.2 Å². The average molecular weight is 298 g/mol.